The van der Waals surface area contributed by atoms with Crippen LogP contribution >= 0.6 is 0 Å². The van der Waals surface area contributed by atoms with Gasteiger partial charge >= 0.3 is 12.1 Å². The zero-order valence-corrected chi connectivity index (χ0v) is 21.0. The number of aliphatic carboxylic acids is 1. The van der Waals surface area contributed by atoms with Crippen molar-refractivity contribution in [3.63, 3.8) is 0 Å². The van der Waals surface area contributed by atoms with E-state index in [9.17, 15) is 13.2 Å². The zero-order chi connectivity index (χ0) is 27.2. The Balaban J connectivity index is 0.000000479. The smallest absolute Gasteiger partial charge is 0.488 e. The highest BCUT2D eigenvalue weighted by molar-refractivity contribution is 5.73. The van der Waals surface area contributed by atoms with Crippen LogP contribution in [-0.4, -0.2) is 49.2 Å². The molecule has 3 heterocycles. The number of carbonyl (C=O) groups is 1. The maximum Gasteiger partial charge on any atom is 0.490 e. The Morgan fingerprint density at radius 3 is 2.35 bits per heavy atom. The van der Waals surface area contributed by atoms with E-state index in [0.29, 0.717) is 0 Å². The second kappa shape index (κ2) is 11.4. The monoisotopic (exact) mass is 514 g/mol. The number of hydrogen-bond acceptors (Lipinski definition) is 5. The molecule has 4 aromatic rings. The van der Waals surface area contributed by atoms with Crippen molar-refractivity contribution >= 4 is 11.6 Å². The number of pyridine rings is 2. The molecule has 0 aliphatic carbocycles. The fourth-order valence-electron chi connectivity index (χ4n) is 3.65. The summed E-state index contributed by atoms with van der Waals surface area (Å²) in [6.45, 7) is 7.76. The number of fused-ring (bicyclic) bond motifs is 1. The van der Waals surface area contributed by atoms with Crippen LogP contribution in [0.2, 0.25) is 0 Å². The summed E-state index contributed by atoms with van der Waals surface area (Å²) in [5, 5.41) is 7.12. The summed E-state index contributed by atoms with van der Waals surface area (Å²) in [6, 6.07) is 18.6. The van der Waals surface area contributed by atoms with Crippen molar-refractivity contribution in [3.05, 3.63) is 84.4 Å². The number of imidazole rings is 1. The van der Waals surface area contributed by atoms with Crippen molar-refractivity contribution in [1.82, 2.24) is 19.3 Å². The van der Waals surface area contributed by atoms with Gasteiger partial charge in [-0.3, -0.25) is 14.3 Å². The maximum absolute atomic E-state index is 10.6. The van der Waals surface area contributed by atoms with Crippen LogP contribution < -0.4 is 4.74 Å². The summed E-state index contributed by atoms with van der Waals surface area (Å²) < 4.78 is 40.0. The third-order valence-electron chi connectivity index (χ3n) is 5.05. The summed E-state index contributed by atoms with van der Waals surface area (Å²) in [5.41, 5.74) is 5.25. The molecule has 1 N–H and O–H groups in total. The van der Waals surface area contributed by atoms with Crippen molar-refractivity contribution < 1.29 is 27.8 Å². The van der Waals surface area contributed by atoms with Gasteiger partial charge in [0.15, 0.2) is 0 Å². The number of benzene rings is 1. The van der Waals surface area contributed by atoms with Gasteiger partial charge in [-0.1, -0.05) is 12.1 Å². The van der Waals surface area contributed by atoms with Crippen molar-refractivity contribution in [1.29, 1.82) is 0 Å². The average Bonchev–Trinajstić information content (AvgIpc) is 3.28. The van der Waals surface area contributed by atoms with Crippen LogP contribution in [0, 0.1) is 0 Å². The van der Waals surface area contributed by atoms with E-state index < -0.39 is 12.1 Å². The lowest BCUT2D eigenvalue weighted by atomic mass is 10.0. The maximum atomic E-state index is 10.6. The molecular weight excluding hydrogens is 485 g/mol. The van der Waals surface area contributed by atoms with Crippen molar-refractivity contribution in [2.75, 3.05) is 7.05 Å². The lowest BCUT2D eigenvalue weighted by Gasteiger charge is -2.24. The molecule has 0 saturated carbocycles. The molecule has 3 aromatic heterocycles. The predicted octanol–water partition coefficient (Wildman–Crippen LogP) is 5.84. The number of hydrogen-bond donors (Lipinski definition) is 1. The van der Waals surface area contributed by atoms with Crippen molar-refractivity contribution in [2.45, 2.75) is 45.6 Å². The van der Waals surface area contributed by atoms with Crippen LogP contribution in [-0.2, 0) is 17.9 Å². The first-order valence-electron chi connectivity index (χ1n) is 11.5. The van der Waals surface area contributed by atoms with E-state index in [1.807, 2.05) is 36.8 Å². The highest BCUT2D eigenvalue weighted by atomic mass is 19.4. The van der Waals surface area contributed by atoms with Crippen LogP contribution in [0.3, 0.4) is 0 Å². The standard InChI is InChI=1S/C25H28N4O.C2HF3O2/c1-25(2,3)30-21-11-12-22(23-9-7-10-24-27-14-15-29(23)24)19(16-21)17-28(4)18-20-8-5-6-13-26-20;3-2(4,5)1(6)7/h5-16H,17-18H2,1-4H3;(H,6,7). The molecule has 1 aromatic carbocycles. The fourth-order valence-corrected chi connectivity index (χ4v) is 3.65. The lowest BCUT2D eigenvalue weighted by Crippen LogP contribution is -2.23. The number of carboxylic acids is 1. The molecule has 37 heavy (non-hydrogen) atoms. The fraction of sp³-hybridized carbons (Fsp3) is 0.296. The van der Waals surface area contributed by atoms with E-state index in [2.05, 4.69) is 83.5 Å². The third kappa shape index (κ3) is 8.04. The highest BCUT2D eigenvalue weighted by Crippen LogP contribution is 2.30. The van der Waals surface area contributed by atoms with Gasteiger partial charge in [0.1, 0.15) is 17.0 Å². The van der Waals surface area contributed by atoms with E-state index >= 15 is 0 Å². The molecule has 0 amide bonds. The number of rotatable bonds is 6. The van der Waals surface area contributed by atoms with Crippen LogP contribution in [0.4, 0.5) is 13.2 Å². The second-order valence-corrected chi connectivity index (χ2v) is 9.40. The van der Waals surface area contributed by atoms with Gasteiger partial charge in [-0.15, -0.1) is 0 Å². The molecule has 0 saturated heterocycles. The van der Waals surface area contributed by atoms with Crippen molar-refractivity contribution in [2.24, 2.45) is 0 Å². The largest absolute Gasteiger partial charge is 0.490 e. The third-order valence-corrected chi connectivity index (χ3v) is 5.05. The first kappa shape index (κ1) is 27.7. The molecule has 0 bridgehead atoms. The molecule has 0 spiro atoms. The minimum atomic E-state index is -5.08. The van der Waals surface area contributed by atoms with E-state index in [1.165, 1.54) is 11.1 Å². The Kier molecular flexibility index (Phi) is 8.54. The van der Waals surface area contributed by atoms with E-state index in [1.54, 1.807) is 0 Å². The molecule has 7 nitrogen and oxygen atoms in total. The lowest BCUT2D eigenvalue weighted by molar-refractivity contribution is -0.192. The Labute approximate surface area is 213 Å². The van der Waals surface area contributed by atoms with Gasteiger partial charge in [0.25, 0.3) is 0 Å². The van der Waals surface area contributed by atoms with Gasteiger partial charge in [0.05, 0.1) is 11.4 Å². The van der Waals surface area contributed by atoms with E-state index in [0.717, 1.165) is 35.9 Å². The number of alkyl halides is 3. The number of ether oxygens (including phenoxy) is 1. The number of nitrogens with zero attached hydrogens (tertiary/aromatic N) is 4. The molecule has 0 fully saturated rings. The highest BCUT2D eigenvalue weighted by Gasteiger charge is 2.38. The number of aromatic nitrogens is 3. The van der Waals surface area contributed by atoms with Gasteiger partial charge in [-0.05, 0) is 75.8 Å². The molecule has 0 unspecified atom stereocenters. The first-order chi connectivity index (χ1) is 17.3. The Bertz CT molecular complexity index is 1330. The average molecular weight is 515 g/mol. The van der Waals surface area contributed by atoms with E-state index in [4.69, 9.17) is 14.6 Å². The zero-order valence-electron chi connectivity index (χ0n) is 21.0. The SMILES string of the molecule is CN(Cc1ccccn1)Cc1cc(OC(C)(C)C)ccc1-c1cccc2nccn12.O=C(O)C(F)(F)F. The summed E-state index contributed by atoms with van der Waals surface area (Å²) >= 11 is 0. The van der Waals surface area contributed by atoms with Gasteiger partial charge in [-0.25, -0.2) is 9.78 Å². The second-order valence-electron chi connectivity index (χ2n) is 9.40. The molecule has 0 aliphatic rings. The Morgan fingerprint density at radius 2 is 1.73 bits per heavy atom. The van der Waals surface area contributed by atoms with Gasteiger partial charge in [0.2, 0.25) is 0 Å². The number of halogens is 3. The first-order valence-corrected chi connectivity index (χ1v) is 11.5. The minimum absolute atomic E-state index is 0.247. The summed E-state index contributed by atoms with van der Waals surface area (Å²) in [4.78, 5) is 20.1. The normalized spacial score (nSPS) is 11.8. The predicted molar refractivity (Wildman–Crippen MR) is 134 cm³/mol. The topological polar surface area (TPSA) is 80.0 Å². The van der Waals surface area contributed by atoms with E-state index in [-0.39, 0.29) is 5.60 Å². The molecule has 10 heteroatoms. The van der Waals surface area contributed by atoms with Gasteiger partial charge in [-0.2, -0.15) is 13.2 Å². The minimum Gasteiger partial charge on any atom is -0.488 e. The molecule has 196 valence electrons. The van der Waals surface area contributed by atoms with Crippen LogP contribution in [0.1, 0.15) is 32.0 Å². The molecular formula is C27H29F3N4O3. The summed E-state index contributed by atoms with van der Waals surface area (Å²) in [6.07, 6.45) is 0.598. The van der Waals surface area contributed by atoms with Crippen LogP contribution in [0.15, 0.2) is 73.2 Å². The molecule has 0 aliphatic heterocycles. The Hall–Kier alpha value is -3.92. The quantitative estimate of drug-likeness (QED) is 0.348. The van der Waals surface area contributed by atoms with Crippen LogP contribution in [0.5, 0.6) is 5.75 Å². The summed E-state index contributed by atoms with van der Waals surface area (Å²) in [5.74, 6) is -1.88. The molecule has 4 rings (SSSR count). The van der Waals surface area contributed by atoms with Gasteiger partial charge < -0.3 is 9.84 Å². The number of carboxylic acid groups (broad SMARTS) is 1. The van der Waals surface area contributed by atoms with Crippen LogP contribution in [0.25, 0.3) is 16.9 Å². The molecule has 0 radical (unpaired) electrons. The molecule has 0 atom stereocenters. The van der Waals surface area contributed by atoms with Gasteiger partial charge in [0, 0.05) is 37.2 Å². The van der Waals surface area contributed by atoms with Crippen molar-refractivity contribution in [3.8, 4) is 17.0 Å². The summed E-state index contributed by atoms with van der Waals surface area (Å²) in [7, 11) is 2.12. The Morgan fingerprint density at radius 1 is 1.00 bits per heavy atom.